The Bertz CT molecular complexity index is 650. The zero-order valence-corrected chi connectivity index (χ0v) is 16.0. The lowest BCUT2D eigenvalue weighted by Crippen LogP contribution is -2.56. The molecular weight excluding hydrogens is 334 g/mol. The molecule has 1 fully saturated rings. The predicted molar refractivity (Wildman–Crippen MR) is 98.5 cm³/mol. The van der Waals surface area contributed by atoms with Crippen molar-refractivity contribution < 1.29 is 24.2 Å². The summed E-state index contributed by atoms with van der Waals surface area (Å²) in [5, 5.41) is 12.1. The first-order valence-electron chi connectivity index (χ1n) is 9.11. The molecule has 1 atom stereocenters. The van der Waals surface area contributed by atoms with E-state index in [0.29, 0.717) is 31.8 Å². The summed E-state index contributed by atoms with van der Waals surface area (Å²) in [6.07, 6.45) is 0.137. The van der Waals surface area contributed by atoms with E-state index in [1.54, 1.807) is 6.92 Å². The van der Waals surface area contributed by atoms with Crippen LogP contribution in [0.4, 0.5) is 0 Å². The number of ether oxygens (including phenoxy) is 2. The van der Waals surface area contributed by atoms with Gasteiger partial charge in [-0.25, -0.2) is 0 Å². The van der Waals surface area contributed by atoms with E-state index in [-0.39, 0.29) is 18.2 Å². The van der Waals surface area contributed by atoms with E-state index in [1.807, 2.05) is 25.1 Å². The summed E-state index contributed by atoms with van der Waals surface area (Å²) in [7, 11) is 0. The van der Waals surface area contributed by atoms with Crippen LogP contribution in [0.5, 0.6) is 5.75 Å². The molecule has 0 aliphatic carbocycles. The molecule has 1 heterocycles. The van der Waals surface area contributed by atoms with E-state index in [9.17, 15) is 14.7 Å². The SMILES string of the molecule is Cc1ccc(C(C)C)c(OC(C)C(=O)NC2(CC(=O)O)CCOCC2)c1. The van der Waals surface area contributed by atoms with Crippen LogP contribution in [-0.2, 0) is 14.3 Å². The van der Waals surface area contributed by atoms with Gasteiger partial charge in [-0.15, -0.1) is 0 Å². The van der Waals surface area contributed by atoms with Crippen molar-refractivity contribution in [1.82, 2.24) is 5.32 Å². The number of rotatable bonds is 7. The number of amides is 1. The van der Waals surface area contributed by atoms with Gasteiger partial charge < -0.3 is 19.9 Å². The first-order chi connectivity index (χ1) is 12.2. The molecule has 2 rings (SSSR count). The molecule has 144 valence electrons. The Labute approximate surface area is 154 Å². The highest BCUT2D eigenvalue weighted by molar-refractivity contribution is 5.82. The first-order valence-corrected chi connectivity index (χ1v) is 9.11. The standard InChI is InChI=1S/C20H29NO5/c1-13(2)16-6-5-14(3)11-17(16)26-15(4)19(24)21-20(12-18(22)23)7-9-25-10-8-20/h5-6,11,13,15H,7-10,12H2,1-4H3,(H,21,24)(H,22,23). The van der Waals surface area contributed by atoms with E-state index >= 15 is 0 Å². The maximum atomic E-state index is 12.7. The smallest absolute Gasteiger partial charge is 0.305 e. The van der Waals surface area contributed by atoms with Gasteiger partial charge in [0.1, 0.15) is 5.75 Å². The lowest BCUT2D eigenvalue weighted by atomic mass is 9.86. The van der Waals surface area contributed by atoms with Gasteiger partial charge in [-0.2, -0.15) is 0 Å². The number of hydrogen-bond acceptors (Lipinski definition) is 4. The van der Waals surface area contributed by atoms with Crippen molar-refractivity contribution in [2.45, 2.75) is 64.5 Å². The van der Waals surface area contributed by atoms with E-state index < -0.39 is 17.6 Å². The van der Waals surface area contributed by atoms with Crippen molar-refractivity contribution in [2.24, 2.45) is 0 Å². The number of carboxylic acid groups (broad SMARTS) is 1. The summed E-state index contributed by atoms with van der Waals surface area (Å²) in [5.41, 5.74) is 1.33. The molecule has 1 aromatic rings. The van der Waals surface area contributed by atoms with Crippen LogP contribution >= 0.6 is 0 Å². The fourth-order valence-electron chi connectivity index (χ4n) is 3.23. The number of carboxylic acids is 1. The topological polar surface area (TPSA) is 84.9 Å². The fourth-order valence-corrected chi connectivity index (χ4v) is 3.23. The molecule has 1 aliphatic rings. The summed E-state index contributed by atoms with van der Waals surface area (Å²) in [6.45, 7) is 8.70. The number of aryl methyl sites for hydroxylation is 1. The molecule has 26 heavy (non-hydrogen) atoms. The number of hydrogen-bond donors (Lipinski definition) is 2. The van der Waals surface area contributed by atoms with Gasteiger partial charge in [0, 0.05) is 13.2 Å². The average molecular weight is 363 g/mol. The molecular formula is C20H29NO5. The summed E-state index contributed by atoms with van der Waals surface area (Å²) in [4.78, 5) is 23.9. The van der Waals surface area contributed by atoms with Gasteiger partial charge in [0.2, 0.25) is 0 Å². The van der Waals surface area contributed by atoms with Gasteiger partial charge in [-0.05, 0) is 49.8 Å². The van der Waals surface area contributed by atoms with Gasteiger partial charge in [0.15, 0.2) is 6.10 Å². The molecule has 1 unspecified atom stereocenters. The molecule has 6 heteroatoms. The van der Waals surface area contributed by atoms with Crippen molar-refractivity contribution in [3.63, 3.8) is 0 Å². The predicted octanol–water partition coefficient (Wildman–Crippen LogP) is 3.03. The minimum atomic E-state index is -0.929. The Morgan fingerprint density at radius 2 is 1.92 bits per heavy atom. The fraction of sp³-hybridized carbons (Fsp3) is 0.600. The van der Waals surface area contributed by atoms with Crippen LogP contribution in [0.1, 0.15) is 57.1 Å². The normalized spacial score (nSPS) is 17.6. The number of nitrogens with one attached hydrogen (secondary N) is 1. The molecule has 1 saturated heterocycles. The lowest BCUT2D eigenvalue weighted by Gasteiger charge is -2.37. The largest absolute Gasteiger partial charge is 0.481 e. The van der Waals surface area contributed by atoms with Crippen molar-refractivity contribution in [1.29, 1.82) is 0 Å². The molecule has 1 aliphatic heterocycles. The van der Waals surface area contributed by atoms with Crippen molar-refractivity contribution in [3.8, 4) is 5.75 Å². The Hall–Kier alpha value is -2.08. The highest BCUT2D eigenvalue weighted by Crippen LogP contribution is 2.29. The van der Waals surface area contributed by atoms with E-state index in [1.165, 1.54) is 0 Å². The van der Waals surface area contributed by atoms with Crippen LogP contribution in [-0.4, -0.2) is 41.8 Å². The van der Waals surface area contributed by atoms with Gasteiger partial charge in [-0.1, -0.05) is 26.0 Å². The second-order valence-electron chi connectivity index (χ2n) is 7.41. The molecule has 0 radical (unpaired) electrons. The molecule has 0 aromatic heterocycles. The maximum absolute atomic E-state index is 12.7. The van der Waals surface area contributed by atoms with E-state index in [0.717, 1.165) is 11.1 Å². The lowest BCUT2D eigenvalue weighted by molar-refractivity contribution is -0.141. The summed E-state index contributed by atoms with van der Waals surface area (Å²) >= 11 is 0. The second kappa shape index (κ2) is 8.54. The minimum absolute atomic E-state index is 0.115. The van der Waals surface area contributed by atoms with Crippen molar-refractivity contribution in [3.05, 3.63) is 29.3 Å². The van der Waals surface area contributed by atoms with Gasteiger partial charge in [-0.3, -0.25) is 9.59 Å². The van der Waals surface area contributed by atoms with E-state index in [4.69, 9.17) is 9.47 Å². The quantitative estimate of drug-likeness (QED) is 0.778. The molecule has 2 N–H and O–H groups in total. The zero-order chi connectivity index (χ0) is 19.3. The van der Waals surface area contributed by atoms with Crippen molar-refractivity contribution in [2.75, 3.05) is 13.2 Å². The Morgan fingerprint density at radius 3 is 2.50 bits per heavy atom. The maximum Gasteiger partial charge on any atom is 0.305 e. The Kier molecular flexibility index (Phi) is 6.64. The zero-order valence-electron chi connectivity index (χ0n) is 16.0. The van der Waals surface area contributed by atoms with Gasteiger partial charge in [0.25, 0.3) is 5.91 Å². The highest BCUT2D eigenvalue weighted by atomic mass is 16.5. The summed E-state index contributed by atoms with van der Waals surface area (Å²) < 4.78 is 11.3. The molecule has 6 nitrogen and oxygen atoms in total. The summed E-state index contributed by atoms with van der Waals surface area (Å²) in [6, 6.07) is 5.97. The van der Waals surface area contributed by atoms with Crippen LogP contribution in [0.2, 0.25) is 0 Å². The van der Waals surface area contributed by atoms with Crippen molar-refractivity contribution >= 4 is 11.9 Å². The molecule has 1 amide bonds. The summed E-state index contributed by atoms with van der Waals surface area (Å²) in [5.74, 6) is -0.262. The molecule has 0 spiro atoms. The van der Waals surface area contributed by atoms with Crippen LogP contribution in [0.25, 0.3) is 0 Å². The number of benzene rings is 1. The monoisotopic (exact) mass is 363 g/mol. The highest BCUT2D eigenvalue weighted by Gasteiger charge is 2.37. The third-order valence-corrected chi connectivity index (χ3v) is 4.79. The third kappa shape index (κ3) is 5.21. The van der Waals surface area contributed by atoms with E-state index in [2.05, 4.69) is 19.2 Å². The van der Waals surface area contributed by atoms with Crippen LogP contribution in [0.15, 0.2) is 18.2 Å². The third-order valence-electron chi connectivity index (χ3n) is 4.79. The Morgan fingerprint density at radius 1 is 1.27 bits per heavy atom. The van der Waals surface area contributed by atoms with Crippen LogP contribution in [0.3, 0.4) is 0 Å². The van der Waals surface area contributed by atoms with Crippen LogP contribution < -0.4 is 10.1 Å². The second-order valence-corrected chi connectivity index (χ2v) is 7.41. The van der Waals surface area contributed by atoms with Gasteiger partial charge >= 0.3 is 5.97 Å². The average Bonchev–Trinajstić information content (AvgIpc) is 2.54. The minimum Gasteiger partial charge on any atom is -0.481 e. The van der Waals surface area contributed by atoms with Gasteiger partial charge in [0.05, 0.1) is 12.0 Å². The number of aliphatic carboxylic acids is 1. The molecule has 0 bridgehead atoms. The number of carbonyl (C=O) groups excluding carboxylic acids is 1. The van der Waals surface area contributed by atoms with Crippen LogP contribution in [0, 0.1) is 6.92 Å². The first kappa shape index (κ1) is 20.2. The molecule has 1 aromatic carbocycles. The Balaban J connectivity index is 2.11. The number of carbonyl (C=O) groups is 2. The molecule has 0 saturated carbocycles.